The van der Waals surface area contributed by atoms with Gasteiger partial charge in [0, 0.05) is 25.4 Å². The molecule has 3 atom stereocenters. The number of carbonyl (C=O) groups is 4. The van der Waals surface area contributed by atoms with E-state index in [2.05, 4.69) is 36.4 Å². The van der Waals surface area contributed by atoms with Gasteiger partial charge in [-0.1, -0.05) is 20.1 Å². The first-order valence-electron chi connectivity index (χ1n) is 19.1. The smallest absolute Gasteiger partial charge is 0.333 e. The van der Waals surface area contributed by atoms with E-state index in [-0.39, 0.29) is 70.8 Å². The summed E-state index contributed by atoms with van der Waals surface area (Å²) in [7, 11) is 5.72. The molecule has 60 heavy (non-hydrogen) atoms. The molecule has 0 aromatic carbocycles. The Morgan fingerprint density at radius 2 is 0.867 bits per heavy atom. The van der Waals surface area contributed by atoms with Crippen molar-refractivity contribution in [3.63, 3.8) is 0 Å². The Balaban J connectivity index is -0.000000942. The normalized spacial score (nSPS) is 14.6. The standard InChI is InChI=1S/C20H40NO9P.C11H22NO6P.C7H12O3/c1-9-20(4,16-19(2,3)17(22)27-13-12-26-8)18(23)28-14-15-30-31(24,25)29-11-10-21(5,6)7;1-10(2)11(13)16-8-9-18-19(14,15)17-7-6-12(3,4)5;1-6(2)7(8)10-5-4-9-3/h9-16H2,1-8H3;1,6-9H2,2-5H3;1,4-5H2,2-3H3. The first-order valence-corrected chi connectivity index (χ1v) is 22.0. The highest BCUT2D eigenvalue weighted by molar-refractivity contribution is 7.46. The highest BCUT2D eigenvalue weighted by Gasteiger charge is 2.43. The van der Waals surface area contributed by atoms with Gasteiger partial charge in [0.2, 0.25) is 0 Å². The highest BCUT2D eigenvalue weighted by atomic mass is 31.2. The zero-order chi connectivity index (χ0) is 47.4. The number of methoxy groups -OCH3 is 2. The summed E-state index contributed by atoms with van der Waals surface area (Å²) in [6.07, 6.45) is 0.631. The van der Waals surface area contributed by atoms with Crippen LogP contribution in [0.3, 0.4) is 0 Å². The van der Waals surface area contributed by atoms with E-state index < -0.39 is 44.4 Å². The molecular weight excluding hydrogens is 834 g/mol. The summed E-state index contributed by atoms with van der Waals surface area (Å²) in [6.45, 7) is 18.0. The Bertz CT molecular complexity index is 1410. The van der Waals surface area contributed by atoms with Crippen molar-refractivity contribution >= 4 is 39.5 Å². The number of phosphoric ester groups is 2. The summed E-state index contributed by atoms with van der Waals surface area (Å²) in [4.78, 5) is 69.7. The van der Waals surface area contributed by atoms with E-state index in [9.17, 15) is 38.1 Å². The lowest BCUT2D eigenvalue weighted by atomic mass is 9.72. The van der Waals surface area contributed by atoms with Crippen molar-refractivity contribution in [3.8, 4) is 0 Å². The molecule has 3 unspecified atom stereocenters. The van der Waals surface area contributed by atoms with Gasteiger partial charge in [-0.2, -0.15) is 0 Å². The Labute approximate surface area is 357 Å². The second-order valence-electron chi connectivity index (χ2n) is 16.3. The number of hydrogen-bond acceptors (Lipinski definition) is 18. The third kappa shape index (κ3) is 35.1. The summed E-state index contributed by atoms with van der Waals surface area (Å²) in [5.74, 6) is -1.92. The van der Waals surface area contributed by atoms with E-state index in [1.165, 1.54) is 14.0 Å². The average Bonchev–Trinajstić information content (AvgIpc) is 3.10. The molecule has 0 aliphatic rings. The summed E-state index contributed by atoms with van der Waals surface area (Å²) < 4.78 is 72.2. The van der Waals surface area contributed by atoms with Crippen molar-refractivity contribution < 1.29 is 93.6 Å². The fourth-order valence-electron chi connectivity index (χ4n) is 3.93. The molecule has 0 saturated heterocycles. The molecule has 0 fully saturated rings. The maximum absolute atomic E-state index is 12.6. The van der Waals surface area contributed by atoms with Crippen molar-refractivity contribution in [3.05, 3.63) is 24.3 Å². The quantitative estimate of drug-likeness (QED) is 0.0262. The Morgan fingerprint density at radius 1 is 0.550 bits per heavy atom. The molecule has 0 radical (unpaired) electrons. The maximum atomic E-state index is 12.6. The Morgan fingerprint density at radius 3 is 1.20 bits per heavy atom. The molecule has 20 nitrogen and oxygen atoms in total. The van der Waals surface area contributed by atoms with Crippen molar-refractivity contribution in [2.75, 3.05) is 136 Å². The molecule has 0 rings (SSSR count). The van der Waals surface area contributed by atoms with Crippen LogP contribution in [0.5, 0.6) is 0 Å². The van der Waals surface area contributed by atoms with E-state index >= 15 is 0 Å². The fraction of sp³-hybridized carbons (Fsp3) is 0.789. The first-order chi connectivity index (χ1) is 27.3. The Kier molecular flexibility index (Phi) is 31.3. The second-order valence-corrected chi connectivity index (χ2v) is 19.1. The molecule has 0 spiro atoms. The van der Waals surface area contributed by atoms with Crippen LogP contribution in [-0.4, -0.2) is 169 Å². The number of esters is 4. The van der Waals surface area contributed by atoms with Crippen LogP contribution in [0.1, 0.15) is 54.4 Å². The Hall–Kier alpha value is -2.58. The van der Waals surface area contributed by atoms with Crippen molar-refractivity contribution in [1.82, 2.24) is 0 Å². The van der Waals surface area contributed by atoms with Crippen LogP contribution in [0.15, 0.2) is 24.3 Å². The van der Waals surface area contributed by atoms with Crippen LogP contribution in [0.2, 0.25) is 0 Å². The predicted octanol–water partition coefficient (Wildman–Crippen LogP) is 2.83. The molecule has 0 aromatic heterocycles. The van der Waals surface area contributed by atoms with Crippen LogP contribution < -0.4 is 9.79 Å². The minimum Gasteiger partial charge on any atom is -0.756 e. The number of hydrogen-bond donors (Lipinski definition) is 0. The molecule has 22 heteroatoms. The number of quaternary nitrogens is 2. The summed E-state index contributed by atoms with van der Waals surface area (Å²) in [6, 6.07) is 0. The number of carbonyl (C=O) groups excluding carboxylic acids is 4. The maximum Gasteiger partial charge on any atom is 0.333 e. The number of phosphoric acid groups is 2. The monoisotopic (exact) mass is 908 g/mol. The highest BCUT2D eigenvalue weighted by Crippen LogP contribution is 2.40. The SMILES string of the molecule is C=C(C)C(=O)OCCOC.C=C(C)C(=O)OCCOP(=O)([O-])OCC[N+](C)(C)C.CCC(C)(CC(C)(C)C(=O)OCCOC)C(=O)OCCOP(=O)([O-])OCC[N+](C)(C)C. The molecule has 0 amide bonds. The van der Waals surface area contributed by atoms with Crippen molar-refractivity contribution in [2.24, 2.45) is 10.8 Å². The van der Waals surface area contributed by atoms with Gasteiger partial charge >= 0.3 is 23.9 Å². The summed E-state index contributed by atoms with van der Waals surface area (Å²) >= 11 is 0. The molecule has 354 valence electrons. The van der Waals surface area contributed by atoms with E-state index in [1.807, 2.05) is 49.2 Å². The summed E-state index contributed by atoms with van der Waals surface area (Å²) in [5, 5.41) is 0. The number of ether oxygens (including phenoxy) is 6. The molecule has 0 heterocycles. The van der Waals surface area contributed by atoms with Crippen LogP contribution in [0.4, 0.5) is 0 Å². The van der Waals surface area contributed by atoms with Gasteiger partial charge in [-0.05, 0) is 47.5 Å². The largest absolute Gasteiger partial charge is 0.756 e. The molecular formula is C38H74N2O18P2. The second kappa shape index (κ2) is 30.5. The van der Waals surface area contributed by atoms with Gasteiger partial charge in [-0.15, -0.1) is 0 Å². The molecule has 0 N–H and O–H groups in total. The first kappa shape index (κ1) is 61.7. The predicted molar refractivity (Wildman–Crippen MR) is 219 cm³/mol. The third-order valence-electron chi connectivity index (χ3n) is 7.55. The lowest BCUT2D eigenvalue weighted by Crippen LogP contribution is -2.39. The van der Waals surface area contributed by atoms with Gasteiger partial charge in [0.15, 0.2) is 0 Å². The van der Waals surface area contributed by atoms with Crippen LogP contribution in [0.25, 0.3) is 0 Å². The van der Waals surface area contributed by atoms with E-state index in [4.69, 9.17) is 23.3 Å². The number of likely N-dealkylation sites (N-methyl/N-ethyl adjacent to an activating group) is 2. The lowest BCUT2D eigenvalue weighted by molar-refractivity contribution is -0.870. The average molecular weight is 909 g/mol. The summed E-state index contributed by atoms with van der Waals surface area (Å²) in [5.41, 5.74) is -1.22. The van der Waals surface area contributed by atoms with Crippen LogP contribution in [-0.2, 0) is 74.8 Å². The molecule has 0 saturated carbocycles. The number of nitrogens with zero attached hydrogens (tertiary/aromatic N) is 2. The minimum absolute atomic E-state index is 0.00641. The van der Waals surface area contributed by atoms with Gasteiger partial charge in [-0.25, -0.2) is 9.59 Å². The van der Waals surface area contributed by atoms with Crippen LogP contribution >= 0.6 is 15.6 Å². The van der Waals surface area contributed by atoms with Gasteiger partial charge < -0.3 is 65.3 Å². The molecule has 0 aliphatic heterocycles. The minimum atomic E-state index is -4.47. The third-order valence-corrected chi connectivity index (χ3v) is 9.55. The van der Waals surface area contributed by atoms with Gasteiger partial charge in [0.05, 0.1) is 79.5 Å². The van der Waals surface area contributed by atoms with E-state index in [0.717, 1.165) is 0 Å². The van der Waals surface area contributed by atoms with Crippen molar-refractivity contribution in [2.45, 2.75) is 54.4 Å². The zero-order valence-electron chi connectivity index (χ0n) is 38.5. The van der Waals surface area contributed by atoms with Gasteiger partial charge in [0.25, 0.3) is 15.6 Å². The molecule has 0 bridgehead atoms. The zero-order valence-corrected chi connectivity index (χ0v) is 40.2. The van der Waals surface area contributed by atoms with Gasteiger partial charge in [0.1, 0.15) is 52.7 Å². The topological polar surface area (TPSA) is 241 Å². The van der Waals surface area contributed by atoms with Crippen LogP contribution in [0, 0.1) is 10.8 Å². The lowest BCUT2D eigenvalue weighted by Gasteiger charge is -2.33. The fourth-order valence-corrected chi connectivity index (χ4v) is 5.29. The number of rotatable bonds is 29. The van der Waals surface area contributed by atoms with Crippen molar-refractivity contribution in [1.29, 1.82) is 0 Å². The van der Waals surface area contributed by atoms with E-state index in [0.29, 0.717) is 47.3 Å². The van der Waals surface area contributed by atoms with Gasteiger partial charge in [-0.3, -0.25) is 18.7 Å². The molecule has 0 aromatic rings. The van der Waals surface area contributed by atoms with E-state index in [1.54, 1.807) is 34.8 Å². The molecule has 0 aliphatic carbocycles.